The molecule has 0 aliphatic carbocycles. The number of aryl methyl sites for hydroxylation is 1. The number of piperazine rings is 3. The van der Waals surface area contributed by atoms with Crippen LogP contribution in [0.1, 0.15) is 17.2 Å². The fraction of sp³-hybridized carbons (Fsp3) is 0.571. The smallest absolute Gasteiger partial charge is 0.0465 e. The summed E-state index contributed by atoms with van der Waals surface area (Å²) in [5.41, 5.74) is 9.04. The maximum Gasteiger partial charge on any atom is 0.0465 e. The van der Waals surface area contributed by atoms with Crippen molar-refractivity contribution < 1.29 is 0 Å². The maximum absolute atomic E-state index is 6.46. The molecule has 2 N–H and O–H groups in total. The van der Waals surface area contributed by atoms with Crippen LogP contribution in [0.2, 0.25) is 0 Å². The Morgan fingerprint density at radius 1 is 1.24 bits per heavy atom. The summed E-state index contributed by atoms with van der Waals surface area (Å²) >= 11 is 0. The molecular weight excluding hydrogens is 210 g/mol. The first-order valence-electron chi connectivity index (χ1n) is 6.52. The molecule has 3 nitrogen and oxygen atoms in total. The van der Waals surface area contributed by atoms with Gasteiger partial charge in [-0.15, -0.1) is 0 Å². The molecule has 0 amide bonds. The number of rotatable bonds is 2. The van der Waals surface area contributed by atoms with Gasteiger partial charge < -0.3 is 5.73 Å². The molecule has 0 saturated carbocycles. The lowest BCUT2D eigenvalue weighted by Crippen LogP contribution is -2.63. The summed E-state index contributed by atoms with van der Waals surface area (Å²) < 4.78 is 0. The van der Waals surface area contributed by atoms with Gasteiger partial charge in [0.15, 0.2) is 0 Å². The van der Waals surface area contributed by atoms with Crippen molar-refractivity contribution in [2.24, 2.45) is 5.73 Å². The molecule has 0 radical (unpaired) electrons. The van der Waals surface area contributed by atoms with Gasteiger partial charge in [0.05, 0.1) is 0 Å². The number of fused-ring (bicyclic) bond motifs is 3. The summed E-state index contributed by atoms with van der Waals surface area (Å²) in [6.07, 6.45) is 0. The van der Waals surface area contributed by atoms with Crippen LogP contribution in [-0.4, -0.2) is 48.6 Å². The van der Waals surface area contributed by atoms with Gasteiger partial charge in [0.2, 0.25) is 0 Å². The van der Waals surface area contributed by atoms with Crippen molar-refractivity contribution in [2.75, 3.05) is 32.7 Å². The van der Waals surface area contributed by atoms with E-state index in [1.807, 2.05) is 0 Å². The van der Waals surface area contributed by atoms with E-state index in [1.54, 1.807) is 0 Å². The van der Waals surface area contributed by atoms with E-state index in [1.165, 1.54) is 37.3 Å². The van der Waals surface area contributed by atoms with Crippen molar-refractivity contribution in [3.05, 3.63) is 35.4 Å². The fourth-order valence-electron chi connectivity index (χ4n) is 3.10. The van der Waals surface area contributed by atoms with E-state index < -0.39 is 0 Å². The number of nitrogens with zero attached hydrogens (tertiary/aromatic N) is 2. The Balaban J connectivity index is 1.80. The Labute approximate surface area is 103 Å². The minimum atomic E-state index is 0.151. The highest BCUT2D eigenvalue weighted by Crippen LogP contribution is 2.25. The second kappa shape index (κ2) is 4.41. The van der Waals surface area contributed by atoms with Gasteiger partial charge in [-0.1, -0.05) is 29.8 Å². The van der Waals surface area contributed by atoms with E-state index in [4.69, 9.17) is 5.73 Å². The van der Waals surface area contributed by atoms with E-state index in [9.17, 15) is 0 Å². The monoisotopic (exact) mass is 231 g/mol. The van der Waals surface area contributed by atoms with Gasteiger partial charge in [0, 0.05) is 44.8 Å². The van der Waals surface area contributed by atoms with E-state index in [2.05, 4.69) is 41.0 Å². The molecule has 2 atom stereocenters. The Morgan fingerprint density at radius 3 is 2.59 bits per heavy atom. The first-order valence-corrected chi connectivity index (χ1v) is 6.52. The van der Waals surface area contributed by atoms with Gasteiger partial charge in [0.25, 0.3) is 0 Å². The zero-order chi connectivity index (χ0) is 11.8. The third-order valence-electron chi connectivity index (χ3n) is 4.16. The zero-order valence-corrected chi connectivity index (χ0v) is 10.5. The van der Waals surface area contributed by atoms with Crippen LogP contribution in [0, 0.1) is 6.92 Å². The molecule has 3 heterocycles. The SMILES string of the molecule is Cc1cccc(C(N)C2CN3CCN2CC3)c1. The van der Waals surface area contributed by atoms with Crippen molar-refractivity contribution in [3.8, 4) is 0 Å². The quantitative estimate of drug-likeness (QED) is 0.824. The van der Waals surface area contributed by atoms with Crippen molar-refractivity contribution in [3.63, 3.8) is 0 Å². The normalized spacial score (nSPS) is 33.6. The molecule has 1 aromatic carbocycles. The molecule has 4 rings (SSSR count). The van der Waals surface area contributed by atoms with Crippen LogP contribution in [0.4, 0.5) is 0 Å². The van der Waals surface area contributed by atoms with Crippen LogP contribution in [0.3, 0.4) is 0 Å². The number of benzene rings is 1. The second-order valence-electron chi connectivity index (χ2n) is 5.34. The summed E-state index contributed by atoms with van der Waals surface area (Å²) in [5, 5.41) is 0. The topological polar surface area (TPSA) is 32.5 Å². The Bertz CT molecular complexity index is 396. The molecular formula is C14H21N3. The lowest BCUT2D eigenvalue weighted by atomic mass is 9.94. The fourth-order valence-corrected chi connectivity index (χ4v) is 3.10. The van der Waals surface area contributed by atoms with Gasteiger partial charge in [-0.05, 0) is 12.5 Å². The molecule has 2 bridgehead atoms. The Kier molecular flexibility index (Phi) is 2.90. The van der Waals surface area contributed by atoms with Gasteiger partial charge in [-0.2, -0.15) is 0 Å². The van der Waals surface area contributed by atoms with Crippen LogP contribution >= 0.6 is 0 Å². The lowest BCUT2D eigenvalue weighted by molar-refractivity contribution is 0.00214. The minimum Gasteiger partial charge on any atom is -0.323 e. The van der Waals surface area contributed by atoms with Gasteiger partial charge >= 0.3 is 0 Å². The summed E-state index contributed by atoms with van der Waals surface area (Å²) in [7, 11) is 0. The highest BCUT2D eigenvalue weighted by Gasteiger charge is 2.35. The maximum atomic E-state index is 6.46. The molecule has 1 aromatic rings. The van der Waals surface area contributed by atoms with Crippen LogP contribution in [0.5, 0.6) is 0 Å². The van der Waals surface area contributed by atoms with E-state index in [0.29, 0.717) is 6.04 Å². The van der Waals surface area contributed by atoms with Crippen molar-refractivity contribution in [1.29, 1.82) is 0 Å². The second-order valence-corrected chi connectivity index (χ2v) is 5.34. The van der Waals surface area contributed by atoms with Gasteiger partial charge in [-0.3, -0.25) is 9.80 Å². The largest absolute Gasteiger partial charge is 0.323 e. The molecule has 3 heteroatoms. The average Bonchev–Trinajstić information content (AvgIpc) is 2.39. The average molecular weight is 231 g/mol. The first kappa shape index (κ1) is 11.2. The van der Waals surface area contributed by atoms with Gasteiger partial charge in [-0.25, -0.2) is 0 Å². The lowest BCUT2D eigenvalue weighted by Gasteiger charge is -2.49. The molecule has 3 aliphatic rings. The summed E-state index contributed by atoms with van der Waals surface area (Å²) in [4.78, 5) is 5.10. The number of hydrogen-bond donors (Lipinski definition) is 1. The zero-order valence-electron chi connectivity index (χ0n) is 10.5. The molecule has 3 fully saturated rings. The standard InChI is InChI=1S/C14H21N3/c1-11-3-2-4-12(9-11)14(15)13-10-16-5-7-17(13)8-6-16/h2-4,9,13-14H,5-8,10,15H2,1H3. The summed E-state index contributed by atoms with van der Waals surface area (Å²) in [5.74, 6) is 0. The minimum absolute atomic E-state index is 0.151. The molecule has 92 valence electrons. The predicted molar refractivity (Wildman–Crippen MR) is 69.9 cm³/mol. The third-order valence-corrected chi connectivity index (χ3v) is 4.16. The highest BCUT2D eigenvalue weighted by atomic mass is 15.3. The number of nitrogens with two attached hydrogens (primary N) is 1. The van der Waals surface area contributed by atoms with Crippen LogP contribution in [-0.2, 0) is 0 Å². The van der Waals surface area contributed by atoms with Crippen molar-refractivity contribution >= 4 is 0 Å². The molecule has 0 aromatic heterocycles. The van der Waals surface area contributed by atoms with Crippen LogP contribution in [0.15, 0.2) is 24.3 Å². The molecule has 17 heavy (non-hydrogen) atoms. The molecule has 2 unspecified atom stereocenters. The Hall–Kier alpha value is -0.900. The van der Waals surface area contributed by atoms with E-state index in [0.717, 1.165) is 6.54 Å². The summed E-state index contributed by atoms with van der Waals surface area (Å²) in [6.45, 7) is 8.07. The predicted octanol–water partition coefficient (Wildman–Crippen LogP) is 0.995. The molecule has 3 saturated heterocycles. The van der Waals surface area contributed by atoms with E-state index >= 15 is 0 Å². The van der Waals surface area contributed by atoms with Crippen molar-refractivity contribution in [1.82, 2.24) is 9.80 Å². The summed E-state index contributed by atoms with van der Waals surface area (Å²) in [6, 6.07) is 9.28. The number of hydrogen-bond acceptors (Lipinski definition) is 3. The third kappa shape index (κ3) is 2.10. The molecule has 3 aliphatic heterocycles. The first-order chi connectivity index (χ1) is 8.24. The Morgan fingerprint density at radius 2 is 2.00 bits per heavy atom. The van der Waals surface area contributed by atoms with Gasteiger partial charge in [0.1, 0.15) is 0 Å². The van der Waals surface area contributed by atoms with Crippen LogP contribution in [0.25, 0.3) is 0 Å². The van der Waals surface area contributed by atoms with E-state index in [-0.39, 0.29) is 6.04 Å². The molecule has 0 spiro atoms. The van der Waals surface area contributed by atoms with Crippen LogP contribution < -0.4 is 5.73 Å². The highest BCUT2D eigenvalue weighted by molar-refractivity contribution is 5.26. The van der Waals surface area contributed by atoms with Crippen molar-refractivity contribution in [2.45, 2.75) is 19.0 Å².